The molecule has 1 aromatic rings. The first-order valence-corrected chi connectivity index (χ1v) is 4.10. The molecule has 8 heteroatoms. The van der Waals surface area contributed by atoms with E-state index in [2.05, 4.69) is 0 Å². The van der Waals surface area contributed by atoms with Gasteiger partial charge in [0.25, 0.3) is 0 Å². The normalized spacial score (nSPS) is 14.2. The minimum Gasteiger partial charge on any atom is -0.384 e. The molecule has 92 valence electrons. The van der Waals surface area contributed by atoms with Gasteiger partial charge in [-0.05, 0) is 0 Å². The maximum atomic E-state index is 13.0. The largest absolute Gasteiger partial charge is 0.384 e. The van der Waals surface area contributed by atoms with Crippen LogP contribution in [0.2, 0.25) is 0 Å². The fraction of sp³-hybridized carbons (Fsp3) is 0.222. The Morgan fingerprint density at radius 1 is 0.824 bits per heavy atom. The Labute approximate surface area is 91.3 Å². The number of aliphatic hydroxyl groups excluding tert-OH is 2. The van der Waals surface area contributed by atoms with E-state index in [1.54, 1.807) is 0 Å². The van der Waals surface area contributed by atoms with Crippen molar-refractivity contribution in [1.82, 2.24) is 0 Å². The number of hydrogen-bond donors (Lipinski definition) is 2. The monoisotopic (exact) mass is 253 g/mol. The third-order valence-electron chi connectivity index (χ3n) is 1.97. The molecule has 0 aliphatic heterocycles. The van der Waals surface area contributed by atoms with E-state index in [-0.39, 0.29) is 0 Å². The molecule has 0 spiro atoms. The molecular weight excluding hydrogens is 249 g/mol. The summed E-state index contributed by atoms with van der Waals surface area (Å²) >= 11 is 0. The fourth-order valence-electron chi connectivity index (χ4n) is 1.11. The average molecular weight is 253 g/mol. The van der Waals surface area contributed by atoms with Gasteiger partial charge in [0, 0.05) is 0 Å². The van der Waals surface area contributed by atoms with Crippen LogP contribution in [-0.2, 0) is 0 Å². The Morgan fingerprint density at radius 2 is 1.18 bits per heavy atom. The van der Waals surface area contributed by atoms with Crippen LogP contribution < -0.4 is 0 Å². The summed E-state index contributed by atoms with van der Waals surface area (Å²) in [5.74, 6) is -11.5. The summed E-state index contributed by atoms with van der Waals surface area (Å²) in [5, 5.41) is 26.1. The van der Waals surface area contributed by atoms with Crippen LogP contribution in [0.4, 0.5) is 22.0 Å². The van der Waals surface area contributed by atoms with E-state index in [0.29, 0.717) is 0 Å². The van der Waals surface area contributed by atoms with Gasteiger partial charge in [-0.15, -0.1) is 0 Å². The highest BCUT2D eigenvalue weighted by molar-refractivity contribution is 5.27. The maximum Gasteiger partial charge on any atom is 0.200 e. The van der Waals surface area contributed by atoms with Gasteiger partial charge in [0.1, 0.15) is 6.10 Å². The minimum absolute atomic E-state index is 1.00. The summed E-state index contributed by atoms with van der Waals surface area (Å²) in [6.45, 7) is 0. The van der Waals surface area contributed by atoms with Crippen LogP contribution in [0, 0.1) is 40.4 Å². The van der Waals surface area contributed by atoms with Crippen molar-refractivity contribution in [3.8, 4) is 6.07 Å². The Hall–Kier alpha value is -1.72. The molecule has 0 saturated heterocycles. The number of nitrogens with zero attached hydrogens (tertiary/aromatic N) is 1. The second-order valence-corrected chi connectivity index (χ2v) is 3.00. The van der Waals surface area contributed by atoms with Crippen LogP contribution in [0.5, 0.6) is 0 Å². The number of nitriles is 1. The van der Waals surface area contributed by atoms with Crippen molar-refractivity contribution in [2.45, 2.75) is 12.2 Å². The fourth-order valence-corrected chi connectivity index (χ4v) is 1.11. The van der Waals surface area contributed by atoms with Crippen molar-refractivity contribution >= 4 is 0 Å². The molecule has 0 aliphatic carbocycles. The van der Waals surface area contributed by atoms with E-state index in [1.807, 2.05) is 0 Å². The standard InChI is InChI=1S/C9H4F5NO2/c10-4-3(9(17)2(16)1-15)5(11)7(13)8(14)6(4)12/h2,9,16-17H/t2-,9+/m0/s1. The van der Waals surface area contributed by atoms with E-state index in [0.717, 1.165) is 6.07 Å². The summed E-state index contributed by atoms with van der Waals surface area (Å²) in [6, 6.07) is 1.00. The number of rotatable bonds is 2. The van der Waals surface area contributed by atoms with Crippen LogP contribution in [-0.4, -0.2) is 16.3 Å². The number of aliphatic hydroxyl groups is 2. The first-order chi connectivity index (χ1) is 7.82. The molecule has 0 amide bonds. The molecule has 1 aromatic carbocycles. The second-order valence-electron chi connectivity index (χ2n) is 3.00. The van der Waals surface area contributed by atoms with Crippen molar-refractivity contribution in [3.63, 3.8) is 0 Å². The molecule has 3 nitrogen and oxygen atoms in total. The summed E-state index contributed by atoms with van der Waals surface area (Å²) in [4.78, 5) is 0. The zero-order valence-electron chi connectivity index (χ0n) is 7.89. The highest BCUT2D eigenvalue weighted by Gasteiger charge is 2.32. The average Bonchev–Trinajstić information content (AvgIpc) is 2.32. The van der Waals surface area contributed by atoms with Crippen LogP contribution in [0.3, 0.4) is 0 Å². The number of halogens is 5. The van der Waals surface area contributed by atoms with Gasteiger partial charge in [0.05, 0.1) is 11.6 Å². The Balaban J connectivity index is 3.50. The molecule has 1 rings (SSSR count). The summed E-state index contributed by atoms with van der Waals surface area (Å²) in [6.07, 6.45) is -4.85. The first kappa shape index (κ1) is 13.3. The molecule has 0 unspecified atom stereocenters. The van der Waals surface area contributed by atoms with Crippen molar-refractivity contribution < 1.29 is 32.2 Å². The first-order valence-electron chi connectivity index (χ1n) is 4.10. The topological polar surface area (TPSA) is 64.2 Å². The molecule has 2 atom stereocenters. The molecule has 0 saturated carbocycles. The predicted molar refractivity (Wildman–Crippen MR) is 42.8 cm³/mol. The van der Waals surface area contributed by atoms with Crippen LogP contribution in [0.25, 0.3) is 0 Å². The van der Waals surface area contributed by atoms with Gasteiger partial charge in [0.15, 0.2) is 29.4 Å². The molecule has 0 fully saturated rings. The smallest absolute Gasteiger partial charge is 0.200 e. The van der Waals surface area contributed by atoms with E-state index >= 15 is 0 Å². The molecule has 0 radical (unpaired) electrons. The van der Waals surface area contributed by atoms with Gasteiger partial charge in [-0.2, -0.15) is 5.26 Å². The van der Waals surface area contributed by atoms with E-state index in [1.165, 1.54) is 0 Å². The lowest BCUT2D eigenvalue weighted by molar-refractivity contribution is 0.0462. The zero-order chi connectivity index (χ0) is 13.3. The Kier molecular flexibility index (Phi) is 3.65. The van der Waals surface area contributed by atoms with Gasteiger partial charge >= 0.3 is 0 Å². The molecular formula is C9H4F5NO2. The zero-order valence-corrected chi connectivity index (χ0v) is 7.89. The van der Waals surface area contributed by atoms with Gasteiger partial charge in [0.2, 0.25) is 5.82 Å². The quantitative estimate of drug-likeness (QED) is 0.361. The van der Waals surface area contributed by atoms with Gasteiger partial charge in [-0.1, -0.05) is 0 Å². The lowest BCUT2D eigenvalue weighted by Crippen LogP contribution is -2.21. The van der Waals surface area contributed by atoms with E-state index < -0.39 is 46.9 Å². The minimum atomic E-state index is -2.54. The maximum absolute atomic E-state index is 13.0. The third kappa shape index (κ3) is 2.07. The molecule has 0 bridgehead atoms. The van der Waals surface area contributed by atoms with Gasteiger partial charge in [-0.25, -0.2) is 22.0 Å². The summed E-state index contributed by atoms with van der Waals surface area (Å²) in [5.41, 5.74) is -1.64. The number of benzene rings is 1. The van der Waals surface area contributed by atoms with Gasteiger partial charge in [-0.3, -0.25) is 0 Å². The SMILES string of the molecule is N#C[C@H](O)[C@@H](O)c1c(F)c(F)c(F)c(F)c1F. The van der Waals surface area contributed by atoms with Crippen molar-refractivity contribution in [3.05, 3.63) is 34.6 Å². The summed E-state index contributed by atoms with van der Waals surface area (Å²) in [7, 11) is 0. The second kappa shape index (κ2) is 4.65. The van der Waals surface area contributed by atoms with Crippen molar-refractivity contribution in [2.75, 3.05) is 0 Å². The number of hydrogen-bond acceptors (Lipinski definition) is 3. The van der Waals surface area contributed by atoms with E-state index in [4.69, 9.17) is 15.5 Å². The highest BCUT2D eigenvalue weighted by atomic mass is 19.2. The molecule has 0 aliphatic rings. The lowest BCUT2D eigenvalue weighted by Gasteiger charge is -2.14. The van der Waals surface area contributed by atoms with Gasteiger partial charge < -0.3 is 10.2 Å². The van der Waals surface area contributed by atoms with Crippen molar-refractivity contribution in [2.24, 2.45) is 0 Å². The molecule has 17 heavy (non-hydrogen) atoms. The Bertz CT molecular complexity index is 470. The van der Waals surface area contributed by atoms with Crippen molar-refractivity contribution in [1.29, 1.82) is 5.26 Å². The molecule has 0 aromatic heterocycles. The predicted octanol–water partition coefficient (Wildman–Crippen LogP) is 1.30. The van der Waals surface area contributed by atoms with Crippen LogP contribution >= 0.6 is 0 Å². The molecule has 0 heterocycles. The summed E-state index contributed by atoms with van der Waals surface area (Å²) < 4.78 is 64.1. The highest BCUT2D eigenvalue weighted by Crippen LogP contribution is 2.29. The third-order valence-corrected chi connectivity index (χ3v) is 1.97. The Morgan fingerprint density at radius 3 is 1.53 bits per heavy atom. The lowest BCUT2D eigenvalue weighted by atomic mass is 10.0. The van der Waals surface area contributed by atoms with Crippen LogP contribution in [0.15, 0.2) is 0 Å². The van der Waals surface area contributed by atoms with Crippen LogP contribution in [0.1, 0.15) is 11.7 Å². The molecule has 2 N–H and O–H groups in total. The van der Waals surface area contributed by atoms with E-state index in [9.17, 15) is 22.0 Å².